The molecule has 3 aromatic rings. The van der Waals surface area contributed by atoms with Crippen LogP contribution in [0.5, 0.6) is 0 Å². The lowest BCUT2D eigenvalue weighted by atomic mass is 10.2. The highest BCUT2D eigenvalue weighted by Gasteiger charge is 2.37. The topological polar surface area (TPSA) is 160 Å². The molecule has 0 saturated carbocycles. The van der Waals surface area contributed by atoms with Crippen LogP contribution in [0.4, 0.5) is 5.13 Å². The van der Waals surface area contributed by atoms with Crippen molar-refractivity contribution in [2.75, 3.05) is 11.9 Å². The van der Waals surface area contributed by atoms with Gasteiger partial charge in [-0.1, -0.05) is 11.3 Å². The standard InChI is InChI=1S/C17H17N5O6S2/c1-7-13(30-14(21-7)8-4-18-2-3-19-8)12(25)10-5-20-16(29-10)22-17-27-9(6-23)11(24)15(26)28-17/h2-5,9,11,15,17,23-24,26H,6H2,1H3,(H,20,22)/t9?,11-,15?,17+/m1/s1. The summed E-state index contributed by atoms with van der Waals surface area (Å²) in [6.07, 6.45) is 1.03. The van der Waals surface area contributed by atoms with Crippen molar-refractivity contribution in [3.63, 3.8) is 0 Å². The SMILES string of the molecule is Cc1nc(-c2cnccn2)sc1C(=O)c1cnc(N[C@@H]2OC(O)[C@H](O)C(CO)O2)s1. The Bertz CT molecular complexity index is 1030. The first-order valence-corrected chi connectivity index (χ1v) is 10.4. The molecule has 0 spiro atoms. The molecule has 4 N–H and O–H groups in total. The van der Waals surface area contributed by atoms with E-state index in [1.807, 2.05) is 0 Å². The second-order valence-corrected chi connectivity index (χ2v) is 8.26. The summed E-state index contributed by atoms with van der Waals surface area (Å²) in [5.74, 6) is -0.236. The largest absolute Gasteiger partial charge is 0.394 e. The van der Waals surface area contributed by atoms with Gasteiger partial charge in [-0.2, -0.15) is 0 Å². The smallest absolute Gasteiger partial charge is 0.242 e. The van der Waals surface area contributed by atoms with Gasteiger partial charge in [0.15, 0.2) is 11.4 Å². The Balaban J connectivity index is 1.48. The van der Waals surface area contributed by atoms with Crippen LogP contribution in [-0.4, -0.2) is 72.6 Å². The second kappa shape index (κ2) is 8.77. The zero-order chi connectivity index (χ0) is 21.3. The molecule has 4 heterocycles. The summed E-state index contributed by atoms with van der Waals surface area (Å²) >= 11 is 2.29. The number of ether oxygens (including phenoxy) is 2. The van der Waals surface area contributed by atoms with Gasteiger partial charge < -0.3 is 30.1 Å². The Labute approximate surface area is 178 Å². The molecule has 4 rings (SSSR count). The van der Waals surface area contributed by atoms with Gasteiger partial charge in [-0.3, -0.25) is 14.8 Å². The fourth-order valence-corrected chi connectivity index (χ4v) is 4.48. The molecule has 1 aliphatic heterocycles. The molecule has 0 aromatic carbocycles. The van der Waals surface area contributed by atoms with Crippen LogP contribution in [0.3, 0.4) is 0 Å². The minimum Gasteiger partial charge on any atom is -0.394 e. The van der Waals surface area contributed by atoms with Crippen LogP contribution in [0.2, 0.25) is 0 Å². The number of nitrogens with zero attached hydrogens (tertiary/aromatic N) is 4. The number of hydrogen-bond donors (Lipinski definition) is 4. The minimum absolute atomic E-state index is 0.236. The van der Waals surface area contributed by atoms with E-state index < -0.39 is 31.5 Å². The summed E-state index contributed by atoms with van der Waals surface area (Å²) in [5.41, 5.74) is 1.16. The number of nitrogens with one attached hydrogen (secondary N) is 1. The Morgan fingerprint density at radius 2 is 2.03 bits per heavy atom. The first kappa shape index (κ1) is 20.9. The van der Waals surface area contributed by atoms with Crippen molar-refractivity contribution in [3.8, 4) is 10.7 Å². The first-order chi connectivity index (χ1) is 14.5. The third-order valence-electron chi connectivity index (χ3n) is 4.17. The number of carbonyl (C=O) groups excluding carboxylic acids is 1. The summed E-state index contributed by atoms with van der Waals surface area (Å²) in [5, 5.41) is 32.3. The Hall–Kier alpha value is -2.39. The van der Waals surface area contributed by atoms with E-state index in [1.54, 1.807) is 25.5 Å². The molecule has 1 aliphatic rings. The number of ketones is 1. The predicted octanol–water partition coefficient (Wildman–Crippen LogP) is 0.379. The van der Waals surface area contributed by atoms with Gasteiger partial charge in [0.25, 0.3) is 0 Å². The molecule has 3 aromatic heterocycles. The van der Waals surface area contributed by atoms with Crippen molar-refractivity contribution in [1.82, 2.24) is 19.9 Å². The molecule has 30 heavy (non-hydrogen) atoms. The molecule has 0 bridgehead atoms. The van der Waals surface area contributed by atoms with Gasteiger partial charge in [0.2, 0.25) is 12.2 Å². The summed E-state index contributed by atoms with van der Waals surface area (Å²) in [6.45, 7) is 1.25. The van der Waals surface area contributed by atoms with E-state index in [2.05, 4.69) is 25.3 Å². The van der Waals surface area contributed by atoms with E-state index in [-0.39, 0.29) is 5.78 Å². The molecule has 158 valence electrons. The molecular weight excluding hydrogens is 434 g/mol. The maximum Gasteiger partial charge on any atom is 0.242 e. The Morgan fingerprint density at radius 3 is 2.77 bits per heavy atom. The van der Waals surface area contributed by atoms with Crippen LogP contribution in [0, 0.1) is 6.92 Å². The van der Waals surface area contributed by atoms with Gasteiger partial charge in [-0.25, -0.2) is 9.97 Å². The molecule has 0 amide bonds. The minimum atomic E-state index is -1.53. The van der Waals surface area contributed by atoms with Crippen LogP contribution in [0.15, 0.2) is 24.8 Å². The van der Waals surface area contributed by atoms with Crippen LogP contribution in [0.1, 0.15) is 20.2 Å². The third-order valence-corrected chi connectivity index (χ3v) is 6.28. The maximum absolute atomic E-state index is 12.9. The van der Waals surface area contributed by atoms with Gasteiger partial charge >= 0.3 is 0 Å². The number of aliphatic hydroxyl groups excluding tert-OH is 3. The fraction of sp³-hybridized carbons (Fsp3) is 0.353. The Kier molecular flexibility index (Phi) is 6.10. The Morgan fingerprint density at radius 1 is 1.20 bits per heavy atom. The number of thiazole rings is 2. The van der Waals surface area contributed by atoms with Gasteiger partial charge in [-0.05, 0) is 6.92 Å². The fourth-order valence-electron chi connectivity index (χ4n) is 2.67. The normalized spacial score (nSPS) is 24.0. The average molecular weight is 451 g/mol. The quantitative estimate of drug-likeness (QED) is 0.384. The highest BCUT2D eigenvalue weighted by molar-refractivity contribution is 7.20. The van der Waals surface area contributed by atoms with Crippen molar-refractivity contribution in [2.45, 2.75) is 31.8 Å². The first-order valence-electron chi connectivity index (χ1n) is 8.75. The van der Waals surface area contributed by atoms with E-state index in [0.717, 1.165) is 11.3 Å². The van der Waals surface area contributed by atoms with Crippen molar-refractivity contribution < 1.29 is 29.6 Å². The van der Waals surface area contributed by atoms with Crippen molar-refractivity contribution in [1.29, 1.82) is 0 Å². The molecular formula is C17H17N5O6S2. The molecule has 11 nitrogen and oxygen atoms in total. The maximum atomic E-state index is 12.9. The molecule has 0 aliphatic carbocycles. The van der Waals surface area contributed by atoms with Crippen molar-refractivity contribution in [2.24, 2.45) is 0 Å². The van der Waals surface area contributed by atoms with Crippen molar-refractivity contribution >= 4 is 33.6 Å². The van der Waals surface area contributed by atoms with E-state index in [9.17, 15) is 20.1 Å². The number of aryl methyl sites for hydroxylation is 1. The lowest BCUT2D eigenvalue weighted by Crippen LogP contribution is -2.53. The van der Waals surface area contributed by atoms with Gasteiger partial charge in [-0.15, -0.1) is 11.3 Å². The van der Waals surface area contributed by atoms with Crippen LogP contribution >= 0.6 is 22.7 Å². The summed E-state index contributed by atoms with van der Waals surface area (Å²) < 4.78 is 10.4. The predicted molar refractivity (Wildman–Crippen MR) is 106 cm³/mol. The lowest BCUT2D eigenvalue weighted by molar-refractivity contribution is -0.328. The zero-order valence-electron chi connectivity index (χ0n) is 15.5. The highest BCUT2D eigenvalue weighted by Crippen LogP contribution is 2.30. The average Bonchev–Trinajstić information content (AvgIpc) is 3.37. The van der Waals surface area contributed by atoms with Crippen LogP contribution in [-0.2, 0) is 9.47 Å². The molecule has 0 radical (unpaired) electrons. The lowest BCUT2D eigenvalue weighted by Gasteiger charge is -2.36. The van der Waals surface area contributed by atoms with Gasteiger partial charge in [0.1, 0.15) is 22.9 Å². The van der Waals surface area contributed by atoms with E-state index >= 15 is 0 Å². The van der Waals surface area contributed by atoms with E-state index in [1.165, 1.54) is 17.5 Å². The molecule has 1 fully saturated rings. The monoisotopic (exact) mass is 451 g/mol. The zero-order valence-corrected chi connectivity index (χ0v) is 17.1. The molecule has 2 unspecified atom stereocenters. The highest BCUT2D eigenvalue weighted by atomic mass is 32.1. The second-order valence-electron chi connectivity index (χ2n) is 6.23. The van der Waals surface area contributed by atoms with E-state index in [0.29, 0.717) is 31.3 Å². The molecule has 1 saturated heterocycles. The van der Waals surface area contributed by atoms with Gasteiger partial charge in [0.05, 0.1) is 34.4 Å². The van der Waals surface area contributed by atoms with Crippen LogP contribution in [0.25, 0.3) is 10.7 Å². The molecule has 4 atom stereocenters. The number of carbonyl (C=O) groups is 1. The van der Waals surface area contributed by atoms with Gasteiger partial charge in [0, 0.05) is 12.4 Å². The number of anilines is 1. The number of aliphatic hydroxyl groups is 3. The number of rotatable bonds is 6. The number of hydrogen-bond acceptors (Lipinski definition) is 13. The van der Waals surface area contributed by atoms with Crippen molar-refractivity contribution in [3.05, 3.63) is 40.2 Å². The summed E-state index contributed by atoms with van der Waals surface area (Å²) in [4.78, 5) is 30.5. The summed E-state index contributed by atoms with van der Waals surface area (Å²) in [7, 11) is 0. The van der Waals surface area contributed by atoms with Crippen LogP contribution < -0.4 is 5.32 Å². The summed E-state index contributed by atoms with van der Waals surface area (Å²) in [6, 6.07) is 0. The molecule has 13 heteroatoms. The third kappa shape index (κ3) is 4.22. The van der Waals surface area contributed by atoms with E-state index in [4.69, 9.17) is 9.47 Å². The number of aromatic nitrogens is 4.